The van der Waals surface area contributed by atoms with Crippen LogP contribution in [0.15, 0.2) is 294 Å². The average Bonchev–Trinajstić information content (AvgIpc) is 1.58. The minimum atomic E-state index is -0.346. The number of hydrogen-bond donors (Lipinski definition) is 0. The first-order valence-electron chi connectivity index (χ1n) is 46.6. The monoisotopic (exact) mass is 1590 g/mol. The van der Waals surface area contributed by atoms with E-state index in [9.17, 15) is 0 Å². The number of aryl methyl sites for hydroxylation is 5. The maximum absolute atomic E-state index is 8.62. The van der Waals surface area contributed by atoms with Gasteiger partial charge in [-0.05, 0) is 265 Å². The molecule has 5 fully saturated rings. The molecule has 0 saturated heterocycles. The fraction of sp³-hybridized carbons (Fsp3) is 0.413. The molecule has 0 N–H and O–H groups in total. The predicted molar refractivity (Wildman–Crippen MR) is 507 cm³/mol. The van der Waals surface area contributed by atoms with Crippen LogP contribution in [0, 0.1) is 64.2 Å². The van der Waals surface area contributed by atoms with Crippen molar-refractivity contribution in [1.29, 1.82) is 0 Å². The van der Waals surface area contributed by atoms with Crippen LogP contribution >= 0.6 is 0 Å². The number of rotatable bonds is 14. The number of benzene rings is 9. The zero-order valence-corrected chi connectivity index (χ0v) is 74.2. The minimum absolute atomic E-state index is 0.311. The third-order valence-electron chi connectivity index (χ3n) is 28.1. The average molecular weight is 1590 g/mol. The van der Waals surface area contributed by atoms with Gasteiger partial charge in [0.2, 0.25) is 0 Å². The molecule has 5 heterocycles. The molecule has 0 radical (unpaired) electrons. The molecule has 0 bridgehead atoms. The van der Waals surface area contributed by atoms with E-state index in [2.05, 4.69) is 365 Å². The number of allylic oxidation sites excluding steroid dienone is 9. The summed E-state index contributed by atoms with van der Waals surface area (Å²) in [6.45, 7) is 25.9. The van der Waals surface area contributed by atoms with Crippen molar-refractivity contribution in [2.24, 2.45) is 29.6 Å². The fourth-order valence-electron chi connectivity index (χ4n) is 21.8. The van der Waals surface area contributed by atoms with Crippen LogP contribution in [-0.2, 0) is 0 Å². The maximum Gasteiger partial charge on any atom is 0.114 e. The summed E-state index contributed by atoms with van der Waals surface area (Å²) in [6.07, 6.45) is 29.3. The molecule has 5 aliphatic carbocycles. The molecular weight excluding hydrogens is 1450 g/mol. The van der Waals surface area contributed by atoms with Crippen molar-refractivity contribution in [3.05, 3.63) is 327 Å². The standard InChI is InChI=1S/C28H30N2.C27H34N2.C23H28N2.C18H26N2.C13H18N2/c1-21-13-9-12-20-26(21)29-22(2)27(23-14-5-3-6-15-23)30(25-18-7-4-8-19-25)28(29)24-16-10-11-17-24;1-20-12-6-11-19-25(20)28-21(2)26(22-13-7-8-14-22)29(24-17-4-3-5-18-24)27(28)23-15-9-10-16-23;1-17-11-7-10-16-22(17)25-19(3)18(2)24(21-14-5-4-6-15-21)23(25)20-12-8-9-13-20;1-14-9-7-8-12-17(14)20-13-19(3)18(15(20)2)16-10-5-4-6-11-16;1-10-7-5-6-8-13(10)15-9-14(4)11(2)12(15)3/h3-9,12-15,18-20,24,28H,10-11,16-17H2,1-2H3;3-6,11-12,17-19,22-23,27H,7-10,13-16H2,1-2H3;4-7,10-11,14-16,20,23H,8-9,12-13H2,1-3H3;7-9,12,16H,4-6,10-11,13H2,1-3H3;5-8H,9H2,1-4H3/i;;;13D;9D. The Kier molecular flexibility index (Phi) is 26.1. The summed E-state index contributed by atoms with van der Waals surface area (Å²) < 4.78 is 16.8. The first kappa shape index (κ1) is 81.1. The van der Waals surface area contributed by atoms with Gasteiger partial charge < -0.3 is 49.0 Å². The Morgan fingerprint density at radius 3 is 0.933 bits per heavy atom. The summed E-state index contributed by atoms with van der Waals surface area (Å²) in [5, 5.41) is 0. The normalized spacial score (nSPS) is 22.3. The van der Waals surface area contributed by atoms with Crippen molar-refractivity contribution in [2.75, 3.05) is 66.6 Å². The molecule has 0 aromatic heterocycles. The van der Waals surface area contributed by atoms with Gasteiger partial charge in [-0.15, -0.1) is 0 Å². The van der Waals surface area contributed by atoms with Crippen LogP contribution in [0.1, 0.15) is 219 Å². The molecule has 5 unspecified atom stereocenters. The van der Waals surface area contributed by atoms with Crippen molar-refractivity contribution in [1.82, 2.24) is 9.80 Å². The Morgan fingerprint density at radius 1 is 0.235 bits per heavy atom. The van der Waals surface area contributed by atoms with E-state index >= 15 is 0 Å². The second-order valence-electron chi connectivity index (χ2n) is 35.6. The smallest absolute Gasteiger partial charge is 0.114 e. The fourth-order valence-corrected chi connectivity index (χ4v) is 21.8. The Morgan fingerprint density at radius 2 is 0.529 bits per heavy atom. The molecular formula is C109H136N10. The van der Waals surface area contributed by atoms with Gasteiger partial charge in [0.05, 0.1) is 21.7 Å². The molecule has 0 spiro atoms. The van der Waals surface area contributed by atoms with Gasteiger partial charge in [0.1, 0.15) is 18.5 Å². The first-order valence-corrected chi connectivity index (χ1v) is 45.4. The SMILES string of the molecule is CC1=C(C)N(c2ccccc2C)C(C2CCCC2)N1c1ccccc1.CC1=C(C2CCCC2)N(c2ccccc2)C(C2CCCC2)N1c1ccccc1C.CC1=C(c2ccccc2)N(c2ccccc2)C(C2CCCC2)N1c1ccccc1C.[2H]C1N(C)C(C)=C(C)N1c1ccccc1C.[2H]C1N(C)C(C2CCCCC2)=C(C)N1c1ccccc1C. The topological polar surface area (TPSA) is 32.4 Å². The van der Waals surface area contributed by atoms with Gasteiger partial charge in [0.15, 0.2) is 0 Å². The van der Waals surface area contributed by atoms with Crippen LogP contribution in [0.3, 0.4) is 0 Å². The van der Waals surface area contributed by atoms with Gasteiger partial charge in [-0.1, -0.05) is 247 Å². The lowest BCUT2D eigenvalue weighted by Crippen LogP contribution is -2.46. The third kappa shape index (κ3) is 17.7. The zero-order chi connectivity index (χ0) is 84.5. The molecule has 622 valence electrons. The minimum Gasteiger partial charge on any atom is -0.359 e. The van der Waals surface area contributed by atoms with Crippen molar-refractivity contribution in [3.63, 3.8) is 0 Å². The Bertz CT molecular complexity index is 5120. The summed E-state index contributed by atoms with van der Waals surface area (Å²) in [6, 6.07) is 87.3. The van der Waals surface area contributed by atoms with Crippen molar-refractivity contribution >= 4 is 51.2 Å². The highest BCUT2D eigenvalue weighted by atomic mass is 15.5. The lowest BCUT2D eigenvalue weighted by atomic mass is 9.86. The largest absolute Gasteiger partial charge is 0.359 e. The van der Waals surface area contributed by atoms with E-state index in [0.717, 1.165) is 17.3 Å². The van der Waals surface area contributed by atoms with Crippen LogP contribution in [0.25, 0.3) is 5.70 Å². The van der Waals surface area contributed by atoms with Crippen LogP contribution in [0.2, 0.25) is 0 Å². The van der Waals surface area contributed by atoms with Crippen molar-refractivity contribution < 1.29 is 2.74 Å². The molecule has 9 aromatic carbocycles. The van der Waals surface area contributed by atoms with Crippen molar-refractivity contribution in [2.45, 2.75) is 236 Å². The van der Waals surface area contributed by atoms with Gasteiger partial charge in [0.25, 0.3) is 0 Å². The Balaban J connectivity index is 0.000000119. The molecule has 19 rings (SSSR count). The molecule has 0 amide bonds. The van der Waals surface area contributed by atoms with Crippen LogP contribution in [0.5, 0.6) is 0 Å². The van der Waals surface area contributed by atoms with Crippen LogP contribution in [-0.4, -0.2) is 55.7 Å². The second-order valence-corrected chi connectivity index (χ2v) is 35.6. The van der Waals surface area contributed by atoms with E-state index in [1.54, 1.807) is 5.70 Å². The molecule has 10 nitrogen and oxygen atoms in total. The molecule has 9 aromatic rings. The first-order chi connectivity index (χ1) is 58.8. The number of para-hydroxylation sites is 8. The highest BCUT2D eigenvalue weighted by Gasteiger charge is 2.48. The summed E-state index contributed by atoms with van der Waals surface area (Å²) >= 11 is 0. The van der Waals surface area contributed by atoms with Crippen molar-refractivity contribution in [3.8, 4) is 0 Å². The molecule has 119 heavy (non-hydrogen) atoms. The third-order valence-corrected chi connectivity index (χ3v) is 28.1. The van der Waals surface area contributed by atoms with E-state index in [-0.39, 0.29) is 13.3 Å². The Hall–Kier alpha value is -10.3. The number of anilines is 8. The predicted octanol–water partition coefficient (Wildman–Crippen LogP) is 28.0. The van der Waals surface area contributed by atoms with Crippen LogP contribution < -0.4 is 39.2 Å². The lowest BCUT2D eigenvalue weighted by Gasteiger charge is -2.40. The molecule has 5 aliphatic heterocycles. The highest BCUT2D eigenvalue weighted by Crippen LogP contribution is 2.53. The number of hydrogen-bond acceptors (Lipinski definition) is 10. The van der Waals surface area contributed by atoms with E-state index in [1.165, 1.54) is 254 Å². The van der Waals surface area contributed by atoms with E-state index in [0.29, 0.717) is 42.2 Å². The summed E-state index contributed by atoms with van der Waals surface area (Å²) in [5.74, 6) is 3.44. The zero-order valence-electron chi connectivity index (χ0n) is 76.2. The molecule has 10 aliphatic rings. The number of nitrogens with zero attached hydrogens (tertiary/aromatic N) is 10. The summed E-state index contributed by atoms with van der Waals surface area (Å²) in [4.78, 5) is 24.3. The maximum atomic E-state index is 8.62. The molecule has 10 heteroatoms. The second kappa shape index (κ2) is 38.4. The van der Waals surface area contributed by atoms with Gasteiger partial charge >= 0.3 is 0 Å². The lowest BCUT2D eigenvalue weighted by molar-refractivity contribution is 0.322. The molecule has 5 atom stereocenters. The molecule has 5 saturated carbocycles. The van der Waals surface area contributed by atoms with E-state index < -0.39 is 0 Å². The van der Waals surface area contributed by atoms with Gasteiger partial charge in [-0.25, -0.2) is 0 Å². The van der Waals surface area contributed by atoms with E-state index in [4.69, 9.17) is 2.74 Å². The highest BCUT2D eigenvalue weighted by molar-refractivity contribution is 5.89. The quantitative estimate of drug-likeness (QED) is 0.105. The van der Waals surface area contributed by atoms with Gasteiger partial charge in [0, 0.05) is 123 Å². The Labute approximate surface area is 719 Å². The summed E-state index contributed by atoms with van der Waals surface area (Å²) in [5.41, 5.74) is 31.7. The van der Waals surface area contributed by atoms with Gasteiger partial charge in [-0.2, -0.15) is 0 Å². The summed E-state index contributed by atoms with van der Waals surface area (Å²) in [7, 11) is 4.05. The van der Waals surface area contributed by atoms with E-state index in [1.807, 2.05) is 24.1 Å². The van der Waals surface area contributed by atoms with Gasteiger partial charge in [-0.3, -0.25) is 0 Å². The van der Waals surface area contributed by atoms with Crippen LogP contribution in [0.4, 0.5) is 45.5 Å².